The van der Waals surface area contributed by atoms with Gasteiger partial charge in [-0.3, -0.25) is 0 Å². The maximum atomic E-state index is 12.6. The fourth-order valence-electron chi connectivity index (χ4n) is 1.28. The Kier molecular flexibility index (Phi) is 2.57. The lowest BCUT2D eigenvalue weighted by molar-refractivity contribution is -0.207. The maximum absolute atomic E-state index is 12.6. The first-order chi connectivity index (χ1) is 6.36. The molecule has 2 rings (SSSR count). The molecule has 1 aromatic rings. The van der Waals surface area contributed by atoms with E-state index in [-0.39, 0.29) is 13.2 Å². The molecule has 0 aromatic heterocycles. The van der Waals surface area contributed by atoms with Crippen LogP contribution in [-0.4, -0.2) is 19.4 Å². The summed E-state index contributed by atoms with van der Waals surface area (Å²) in [5.74, 6) is 0. The van der Waals surface area contributed by atoms with Gasteiger partial charge in [0.25, 0.3) is 0 Å². The van der Waals surface area contributed by atoms with E-state index in [1.165, 1.54) is 0 Å². The topological polar surface area (TPSA) is 18.5 Å². The van der Waals surface area contributed by atoms with Crippen LogP contribution in [0.25, 0.3) is 0 Å². The number of ether oxygens (including phenoxy) is 2. The molecule has 0 N–H and O–H groups in total. The van der Waals surface area contributed by atoms with Crippen molar-refractivity contribution in [3.63, 3.8) is 0 Å². The third-order valence-electron chi connectivity index (χ3n) is 1.93. The average Bonchev–Trinajstić information content (AvgIpc) is 2.20. The molecule has 0 radical (unpaired) electrons. The molecule has 0 bridgehead atoms. The van der Waals surface area contributed by atoms with Crippen LogP contribution in [0.4, 0.5) is 4.39 Å². The third kappa shape index (κ3) is 2.05. The first kappa shape index (κ1) is 8.66. The smallest absolute Gasteiger partial charge is 0.184 e. The molecule has 0 saturated carbocycles. The molecule has 2 nitrogen and oxygen atoms in total. The van der Waals surface area contributed by atoms with Crippen LogP contribution in [0.15, 0.2) is 30.3 Å². The zero-order valence-corrected chi connectivity index (χ0v) is 7.15. The van der Waals surface area contributed by atoms with Crippen LogP contribution in [0.2, 0.25) is 0 Å². The van der Waals surface area contributed by atoms with Gasteiger partial charge in [0.1, 0.15) is 6.17 Å². The van der Waals surface area contributed by atoms with Crippen molar-refractivity contribution in [1.29, 1.82) is 0 Å². The fraction of sp³-hybridized carbons (Fsp3) is 0.400. The Morgan fingerprint density at radius 2 is 1.69 bits per heavy atom. The predicted molar refractivity (Wildman–Crippen MR) is 46.0 cm³/mol. The molecule has 1 aliphatic heterocycles. The Morgan fingerprint density at radius 3 is 2.31 bits per heavy atom. The molecule has 1 saturated heterocycles. The normalized spacial score (nSPS) is 28.7. The average molecular weight is 182 g/mol. The molecule has 13 heavy (non-hydrogen) atoms. The van der Waals surface area contributed by atoms with E-state index in [1.54, 1.807) is 0 Å². The lowest BCUT2D eigenvalue weighted by atomic mass is 10.2. The highest BCUT2D eigenvalue weighted by atomic mass is 19.1. The van der Waals surface area contributed by atoms with Gasteiger partial charge in [-0.1, -0.05) is 30.3 Å². The van der Waals surface area contributed by atoms with Crippen molar-refractivity contribution < 1.29 is 13.9 Å². The van der Waals surface area contributed by atoms with Gasteiger partial charge in [0.2, 0.25) is 0 Å². The zero-order chi connectivity index (χ0) is 9.10. The van der Waals surface area contributed by atoms with Crippen LogP contribution in [0.3, 0.4) is 0 Å². The molecule has 0 amide bonds. The minimum Gasteiger partial charge on any atom is -0.345 e. The van der Waals surface area contributed by atoms with Crippen molar-refractivity contribution >= 4 is 0 Å². The third-order valence-corrected chi connectivity index (χ3v) is 1.93. The monoisotopic (exact) mass is 182 g/mol. The fourth-order valence-corrected chi connectivity index (χ4v) is 1.28. The Labute approximate surface area is 76.3 Å². The van der Waals surface area contributed by atoms with E-state index in [0.29, 0.717) is 0 Å². The van der Waals surface area contributed by atoms with Gasteiger partial charge in [-0.15, -0.1) is 0 Å². The van der Waals surface area contributed by atoms with Gasteiger partial charge in [-0.25, -0.2) is 4.39 Å². The van der Waals surface area contributed by atoms with E-state index in [2.05, 4.69) is 0 Å². The van der Waals surface area contributed by atoms with E-state index in [1.807, 2.05) is 30.3 Å². The van der Waals surface area contributed by atoms with Crippen molar-refractivity contribution in [3.05, 3.63) is 35.9 Å². The summed E-state index contributed by atoms with van der Waals surface area (Å²) in [7, 11) is 0. The highest BCUT2D eigenvalue weighted by molar-refractivity contribution is 5.16. The van der Waals surface area contributed by atoms with Crippen molar-refractivity contribution in [1.82, 2.24) is 0 Å². The minimum absolute atomic E-state index is 0.125. The van der Waals surface area contributed by atoms with Crippen LogP contribution < -0.4 is 0 Å². The Bertz CT molecular complexity index is 255. The number of hydrogen-bond acceptors (Lipinski definition) is 2. The molecule has 0 aliphatic carbocycles. The molecule has 3 heteroatoms. The summed E-state index contributed by atoms with van der Waals surface area (Å²) in [6.45, 7) is 0.249. The zero-order valence-electron chi connectivity index (χ0n) is 7.15. The predicted octanol–water partition coefficient (Wildman–Crippen LogP) is 2.07. The van der Waals surface area contributed by atoms with Gasteiger partial charge in [-0.2, -0.15) is 0 Å². The summed E-state index contributed by atoms with van der Waals surface area (Å²) in [5, 5.41) is 0. The molecule has 1 aliphatic rings. The van der Waals surface area contributed by atoms with Crippen LogP contribution in [-0.2, 0) is 9.47 Å². The highest BCUT2D eigenvalue weighted by Crippen LogP contribution is 2.23. The van der Waals surface area contributed by atoms with Crippen LogP contribution in [0.1, 0.15) is 11.9 Å². The van der Waals surface area contributed by atoms with E-state index < -0.39 is 12.5 Å². The van der Waals surface area contributed by atoms with Gasteiger partial charge in [-0.05, 0) is 0 Å². The number of benzene rings is 1. The standard InChI is InChI=1S/C10H11FO2/c11-9-6-12-10(13-7-9)8-4-2-1-3-5-8/h1-5,9-10H,6-7H2. The highest BCUT2D eigenvalue weighted by Gasteiger charge is 2.22. The van der Waals surface area contributed by atoms with Crippen molar-refractivity contribution in [2.75, 3.05) is 13.2 Å². The summed E-state index contributed by atoms with van der Waals surface area (Å²) in [5.41, 5.74) is 0.939. The summed E-state index contributed by atoms with van der Waals surface area (Å²) >= 11 is 0. The van der Waals surface area contributed by atoms with Gasteiger partial charge in [0.05, 0.1) is 13.2 Å². The van der Waals surface area contributed by atoms with Crippen LogP contribution >= 0.6 is 0 Å². The molecule has 1 aromatic carbocycles. The summed E-state index contributed by atoms with van der Waals surface area (Å²) in [6.07, 6.45) is -1.38. The first-order valence-electron chi connectivity index (χ1n) is 4.28. The van der Waals surface area contributed by atoms with Crippen molar-refractivity contribution in [3.8, 4) is 0 Å². The van der Waals surface area contributed by atoms with E-state index in [9.17, 15) is 4.39 Å². The molecule has 0 atom stereocenters. The minimum atomic E-state index is -0.986. The van der Waals surface area contributed by atoms with Crippen LogP contribution in [0, 0.1) is 0 Å². The molecular weight excluding hydrogens is 171 g/mol. The Balaban J connectivity index is 2.03. The summed E-state index contributed by atoms with van der Waals surface area (Å²) in [4.78, 5) is 0. The van der Waals surface area contributed by atoms with E-state index >= 15 is 0 Å². The van der Waals surface area contributed by atoms with E-state index in [0.717, 1.165) is 5.56 Å². The molecule has 1 fully saturated rings. The van der Waals surface area contributed by atoms with Crippen molar-refractivity contribution in [2.24, 2.45) is 0 Å². The number of halogens is 1. The SMILES string of the molecule is FC1COC(c2ccccc2)OC1. The van der Waals surface area contributed by atoms with Gasteiger partial charge >= 0.3 is 0 Å². The second-order valence-electron chi connectivity index (χ2n) is 3.01. The summed E-state index contributed by atoms with van der Waals surface area (Å²) < 4.78 is 23.0. The quantitative estimate of drug-likeness (QED) is 0.662. The molecule has 0 unspecified atom stereocenters. The second kappa shape index (κ2) is 3.85. The Morgan fingerprint density at radius 1 is 1.08 bits per heavy atom. The maximum Gasteiger partial charge on any atom is 0.184 e. The largest absolute Gasteiger partial charge is 0.345 e. The number of alkyl halides is 1. The molecule has 0 spiro atoms. The second-order valence-corrected chi connectivity index (χ2v) is 3.01. The lowest BCUT2D eigenvalue weighted by Crippen LogP contribution is -2.28. The number of hydrogen-bond donors (Lipinski definition) is 0. The van der Waals surface area contributed by atoms with Crippen LogP contribution in [0.5, 0.6) is 0 Å². The van der Waals surface area contributed by atoms with Gasteiger partial charge in [0.15, 0.2) is 6.29 Å². The number of rotatable bonds is 1. The van der Waals surface area contributed by atoms with Gasteiger partial charge in [0, 0.05) is 5.56 Å². The molecular formula is C10H11FO2. The Hall–Kier alpha value is -0.930. The lowest BCUT2D eigenvalue weighted by Gasteiger charge is -2.25. The van der Waals surface area contributed by atoms with E-state index in [4.69, 9.17) is 9.47 Å². The first-order valence-corrected chi connectivity index (χ1v) is 4.28. The molecule has 1 heterocycles. The summed E-state index contributed by atoms with van der Waals surface area (Å²) in [6, 6.07) is 9.55. The molecule has 70 valence electrons. The van der Waals surface area contributed by atoms with Gasteiger partial charge < -0.3 is 9.47 Å². The van der Waals surface area contributed by atoms with Crippen molar-refractivity contribution in [2.45, 2.75) is 12.5 Å².